The second-order valence-corrected chi connectivity index (χ2v) is 8.14. The Kier molecular flexibility index (Phi) is 3.52. The lowest BCUT2D eigenvalue weighted by Crippen LogP contribution is -2.42. The summed E-state index contributed by atoms with van der Waals surface area (Å²) in [6.07, 6.45) is 6.96. The fourth-order valence-corrected chi connectivity index (χ4v) is 5.67. The molecule has 0 aromatic heterocycles. The summed E-state index contributed by atoms with van der Waals surface area (Å²) in [5.41, 5.74) is 0.780. The van der Waals surface area contributed by atoms with Crippen LogP contribution in [0.1, 0.15) is 66.2 Å². The monoisotopic (exact) mass is 278 g/mol. The van der Waals surface area contributed by atoms with E-state index in [4.69, 9.17) is 4.74 Å². The van der Waals surface area contributed by atoms with Crippen molar-refractivity contribution in [3.8, 4) is 0 Å². The van der Waals surface area contributed by atoms with Gasteiger partial charge in [-0.3, -0.25) is 4.79 Å². The molecular formula is C18H30O2. The van der Waals surface area contributed by atoms with Gasteiger partial charge in [0.15, 0.2) is 0 Å². The third kappa shape index (κ3) is 1.90. The Morgan fingerprint density at radius 1 is 1.20 bits per heavy atom. The number of fused-ring (bicyclic) bond motifs is 2. The number of carbonyl (C=O) groups is 1. The van der Waals surface area contributed by atoms with Crippen LogP contribution in [0.5, 0.6) is 0 Å². The molecule has 3 saturated carbocycles. The van der Waals surface area contributed by atoms with Crippen molar-refractivity contribution in [1.82, 2.24) is 0 Å². The lowest BCUT2D eigenvalue weighted by molar-refractivity contribution is -0.133. The molecule has 0 aliphatic heterocycles. The Morgan fingerprint density at radius 3 is 2.50 bits per heavy atom. The fraction of sp³-hybridized carbons (Fsp3) is 0.944. The molecule has 114 valence electrons. The molecule has 0 aromatic rings. The summed E-state index contributed by atoms with van der Waals surface area (Å²) in [6.45, 7) is 10.2. The minimum Gasteiger partial charge on any atom is -0.378 e. The van der Waals surface area contributed by atoms with E-state index in [2.05, 4.69) is 27.7 Å². The van der Waals surface area contributed by atoms with Crippen molar-refractivity contribution in [3.05, 3.63) is 0 Å². The van der Waals surface area contributed by atoms with Crippen molar-refractivity contribution < 1.29 is 9.53 Å². The lowest BCUT2D eigenvalue weighted by atomic mass is 9.60. The number of Topliss-reactive ketones (excluding diaryl/α,β-unsaturated/α-hetero) is 1. The molecule has 3 aliphatic rings. The number of hydrogen-bond donors (Lipinski definition) is 0. The molecule has 0 spiro atoms. The Morgan fingerprint density at radius 2 is 1.95 bits per heavy atom. The average Bonchev–Trinajstić information content (AvgIpc) is 2.74. The molecule has 3 rings (SSSR count). The molecule has 0 radical (unpaired) electrons. The van der Waals surface area contributed by atoms with Gasteiger partial charge in [-0.1, -0.05) is 20.8 Å². The second kappa shape index (κ2) is 4.83. The van der Waals surface area contributed by atoms with E-state index in [1.54, 1.807) is 0 Å². The maximum atomic E-state index is 12.5. The van der Waals surface area contributed by atoms with E-state index in [0.29, 0.717) is 28.6 Å². The zero-order valence-electron chi connectivity index (χ0n) is 13.6. The molecule has 2 unspecified atom stereocenters. The molecule has 0 N–H and O–H groups in total. The van der Waals surface area contributed by atoms with Crippen LogP contribution in [0, 0.1) is 28.6 Å². The Labute approximate surface area is 123 Å². The summed E-state index contributed by atoms with van der Waals surface area (Å²) in [5.74, 6) is 2.23. The Bertz CT molecular complexity index is 400. The van der Waals surface area contributed by atoms with E-state index in [0.717, 1.165) is 31.8 Å². The Balaban J connectivity index is 1.80. The number of hydrogen-bond acceptors (Lipinski definition) is 2. The maximum Gasteiger partial charge on any atom is 0.136 e. The molecule has 5 atom stereocenters. The molecule has 0 saturated heterocycles. The lowest BCUT2D eigenvalue weighted by Gasteiger charge is -2.44. The molecule has 2 nitrogen and oxygen atoms in total. The summed E-state index contributed by atoms with van der Waals surface area (Å²) in [5, 5.41) is 0. The van der Waals surface area contributed by atoms with Crippen LogP contribution < -0.4 is 0 Å². The van der Waals surface area contributed by atoms with Gasteiger partial charge >= 0.3 is 0 Å². The fourth-order valence-electron chi connectivity index (χ4n) is 5.67. The Hall–Kier alpha value is -0.370. The largest absolute Gasteiger partial charge is 0.378 e. The third-order valence-corrected chi connectivity index (χ3v) is 7.39. The molecule has 2 bridgehead atoms. The summed E-state index contributed by atoms with van der Waals surface area (Å²) in [7, 11) is 0. The molecular weight excluding hydrogens is 248 g/mol. The highest BCUT2D eigenvalue weighted by atomic mass is 16.5. The maximum absolute atomic E-state index is 12.5. The van der Waals surface area contributed by atoms with Crippen LogP contribution in [-0.2, 0) is 9.53 Å². The number of carbonyl (C=O) groups excluding carboxylic acids is 1. The molecule has 0 heterocycles. The van der Waals surface area contributed by atoms with Gasteiger partial charge in [-0.15, -0.1) is 0 Å². The highest BCUT2D eigenvalue weighted by Gasteiger charge is 2.63. The van der Waals surface area contributed by atoms with E-state index in [1.807, 2.05) is 0 Å². The van der Waals surface area contributed by atoms with Gasteiger partial charge in [0.05, 0.1) is 6.10 Å². The van der Waals surface area contributed by atoms with Gasteiger partial charge < -0.3 is 4.74 Å². The van der Waals surface area contributed by atoms with Crippen molar-refractivity contribution in [2.24, 2.45) is 28.6 Å². The molecule has 20 heavy (non-hydrogen) atoms. The van der Waals surface area contributed by atoms with E-state index in [9.17, 15) is 4.79 Å². The van der Waals surface area contributed by atoms with Gasteiger partial charge in [0.2, 0.25) is 0 Å². The number of rotatable bonds is 3. The van der Waals surface area contributed by atoms with Gasteiger partial charge in [0.25, 0.3) is 0 Å². The molecule has 0 amide bonds. The van der Waals surface area contributed by atoms with Crippen LogP contribution in [0.15, 0.2) is 0 Å². The SMILES string of the molecule is CCOC1CCC(=O)C([C@@H]2C[C@H]3CC[C@]2(C)C3(C)C)C1. The normalized spacial score (nSPS) is 46.9. The first-order chi connectivity index (χ1) is 9.40. The van der Waals surface area contributed by atoms with Crippen molar-refractivity contribution in [2.75, 3.05) is 6.61 Å². The van der Waals surface area contributed by atoms with Gasteiger partial charge in [-0.05, 0) is 61.7 Å². The van der Waals surface area contributed by atoms with Crippen molar-refractivity contribution in [2.45, 2.75) is 72.3 Å². The van der Waals surface area contributed by atoms with Crippen LogP contribution in [0.4, 0.5) is 0 Å². The zero-order valence-corrected chi connectivity index (χ0v) is 13.6. The van der Waals surface area contributed by atoms with Gasteiger partial charge in [0, 0.05) is 18.9 Å². The molecule has 3 fully saturated rings. The molecule has 3 aliphatic carbocycles. The van der Waals surface area contributed by atoms with Crippen LogP contribution in [0.3, 0.4) is 0 Å². The number of ether oxygens (including phenoxy) is 1. The first kappa shape index (κ1) is 14.6. The summed E-state index contributed by atoms with van der Waals surface area (Å²) in [6, 6.07) is 0. The van der Waals surface area contributed by atoms with E-state index in [-0.39, 0.29) is 5.92 Å². The predicted molar refractivity (Wildman–Crippen MR) is 80.5 cm³/mol. The van der Waals surface area contributed by atoms with Crippen LogP contribution in [0.25, 0.3) is 0 Å². The molecule has 0 aromatic carbocycles. The predicted octanol–water partition coefficient (Wildman–Crippen LogP) is 4.22. The summed E-state index contributed by atoms with van der Waals surface area (Å²) in [4.78, 5) is 12.5. The van der Waals surface area contributed by atoms with E-state index >= 15 is 0 Å². The first-order valence-electron chi connectivity index (χ1n) is 8.54. The summed E-state index contributed by atoms with van der Waals surface area (Å²) < 4.78 is 5.83. The van der Waals surface area contributed by atoms with Gasteiger partial charge in [-0.25, -0.2) is 0 Å². The number of ketones is 1. The van der Waals surface area contributed by atoms with Crippen molar-refractivity contribution in [1.29, 1.82) is 0 Å². The molecule has 2 heteroatoms. The standard InChI is InChI=1S/C18H30O2/c1-5-20-13-6-7-16(19)14(11-13)15-10-12-8-9-18(15,4)17(12,2)3/h12-15H,5-11H2,1-4H3/t12-,13?,14?,15+,18+/m1/s1. The zero-order chi connectivity index (χ0) is 14.5. The average molecular weight is 278 g/mol. The quantitative estimate of drug-likeness (QED) is 0.772. The third-order valence-electron chi connectivity index (χ3n) is 7.39. The minimum atomic E-state index is 0.273. The van der Waals surface area contributed by atoms with Crippen molar-refractivity contribution >= 4 is 5.78 Å². The van der Waals surface area contributed by atoms with E-state index < -0.39 is 0 Å². The van der Waals surface area contributed by atoms with E-state index in [1.165, 1.54) is 19.3 Å². The smallest absolute Gasteiger partial charge is 0.136 e. The topological polar surface area (TPSA) is 26.3 Å². The van der Waals surface area contributed by atoms with Crippen LogP contribution in [0.2, 0.25) is 0 Å². The van der Waals surface area contributed by atoms with Gasteiger partial charge in [0.1, 0.15) is 5.78 Å². The first-order valence-corrected chi connectivity index (χ1v) is 8.54. The second-order valence-electron chi connectivity index (χ2n) is 8.14. The van der Waals surface area contributed by atoms with Crippen LogP contribution in [-0.4, -0.2) is 18.5 Å². The minimum absolute atomic E-state index is 0.273. The van der Waals surface area contributed by atoms with Crippen molar-refractivity contribution in [3.63, 3.8) is 0 Å². The highest BCUT2D eigenvalue weighted by Crippen LogP contribution is 2.70. The van der Waals surface area contributed by atoms with Gasteiger partial charge in [-0.2, -0.15) is 0 Å². The highest BCUT2D eigenvalue weighted by molar-refractivity contribution is 5.82. The van der Waals surface area contributed by atoms with Crippen LogP contribution >= 0.6 is 0 Å². The summed E-state index contributed by atoms with van der Waals surface area (Å²) >= 11 is 0.